The van der Waals surface area contributed by atoms with Crippen molar-refractivity contribution in [2.24, 2.45) is 0 Å². The Morgan fingerprint density at radius 1 is 1.06 bits per heavy atom. The molecule has 0 heterocycles. The SMILES string of the molecule is N#C/C(=C\c1c(OCc2ccccc2F)ccc2ccccc12)C(=O)Nc1cccc([N+](=O)[O-])c1. The molecule has 4 aromatic carbocycles. The zero-order chi connectivity index (χ0) is 24.8. The first-order chi connectivity index (χ1) is 17.0. The van der Waals surface area contributed by atoms with Crippen LogP contribution in [0.3, 0.4) is 0 Å². The molecule has 0 aliphatic heterocycles. The van der Waals surface area contributed by atoms with Crippen molar-refractivity contribution in [2.75, 3.05) is 5.32 Å². The van der Waals surface area contributed by atoms with Gasteiger partial charge < -0.3 is 10.1 Å². The number of amides is 1. The van der Waals surface area contributed by atoms with Crippen LogP contribution in [0.2, 0.25) is 0 Å². The van der Waals surface area contributed by atoms with Gasteiger partial charge in [0.15, 0.2) is 0 Å². The number of non-ortho nitro benzene ring substituents is 1. The van der Waals surface area contributed by atoms with Crippen LogP contribution in [-0.4, -0.2) is 10.8 Å². The number of fused-ring (bicyclic) bond motifs is 1. The molecule has 4 rings (SSSR count). The van der Waals surface area contributed by atoms with E-state index in [0.717, 1.165) is 10.8 Å². The predicted octanol–water partition coefficient (Wildman–Crippen LogP) is 6.01. The van der Waals surface area contributed by atoms with Crippen molar-refractivity contribution < 1.29 is 18.8 Å². The fourth-order valence-corrected chi connectivity index (χ4v) is 3.51. The molecule has 0 spiro atoms. The first kappa shape index (κ1) is 23.1. The van der Waals surface area contributed by atoms with Crippen molar-refractivity contribution in [3.63, 3.8) is 0 Å². The van der Waals surface area contributed by atoms with E-state index >= 15 is 0 Å². The van der Waals surface area contributed by atoms with Crippen molar-refractivity contribution in [3.8, 4) is 11.8 Å². The molecular weight excluding hydrogens is 449 g/mol. The monoisotopic (exact) mass is 467 g/mol. The van der Waals surface area contributed by atoms with E-state index in [4.69, 9.17) is 4.74 Å². The third-order valence-corrected chi connectivity index (χ3v) is 5.24. The lowest BCUT2D eigenvalue weighted by Gasteiger charge is -2.13. The fourth-order valence-electron chi connectivity index (χ4n) is 3.51. The van der Waals surface area contributed by atoms with Crippen LogP contribution in [0.15, 0.2) is 90.5 Å². The maximum Gasteiger partial charge on any atom is 0.271 e. The molecule has 1 N–H and O–H groups in total. The molecule has 35 heavy (non-hydrogen) atoms. The smallest absolute Gasteiger partial charge is 0.271 e. The van der Waals surface area contributed by atoms with Gasteiger partial charge in [0.05, 0.1) is 4.92 Å². The van der Waals surface area contributed by atoms with E-state index in [1.54, 1.807) is 24.3 Å². The van der Waals surface area contributed by atoms with E-state index < -0.39 is 16.6 Å². The van der Waals surface area contributed by atoms with Crippen molar-refractivity contribution in [2.45, 2.75) is 6.61 Å². The number of ether oxygens (including phenoxy) is 1. The number of halogens is 1. The van der Waals surface area contributed by atoms with Gasteiger partial charge in [0.25, 0.3) is 11.6 Å². The van der Waals surface area contributed by atoms with Gasteiger partial charge in [0, 0.05) is 28.9 Å². The van der Waals surface area contributed by atoms with E-state index in [1.165, 1.54) is 36.4 Å². The largest absolute Gasteiger partial charge is 0.488 e. The Morgan fingerprint density at radius 3 is 2.60 bits per heavy atom. The summed E-state index contributed by atoms with van der Waals surface area (Å²) in [7, 11) is 0. The van der Waals surface area contributed by atoms with Crippen LogP contribution < -0.4 is 10.1 Å². The van der Waals surface area contributed by atoms with Crippen LogP contribution in [0.1, 0.15) is 11.1 Å². The summed E-state index contributed by atoms with van der Waals surface area (Å²) in [5.74, 6) is -0.775. The van der Waals surface area contributed by atoms with Gasteiger partial charge in [-0.15, -0.1) is 0 Å². The highest BCUT2D eigenvalue weighted by molar-refractivity contribution is 6.11. The number of nitro groups is 1. The maximum atomic E-state index is 14.1. The molecule has 0 radical (unpaired) electrons. The molecular formula is C27H18FN3O4. The van der Waals surface area contributed by atoms with E-state index in [2.05, 4.69) is 5.32 Å². The summed E-state index contributed by atoms with van der Waals surface area (Å²) in [6.07, 6.45) is 1.39. The molecule has 0 aromatic heterocycles. The highest BCUT2D eigenvalue weighted by Crippen LogP contribution is 2.31. The van der Waals surface area contributed by atoms with Crippen molar-refractivity contribution in [1.82, 2.24) is 0 Å². The lowest BCUT2D eigenvalue weighted by atomic mass is 10.0. The average molecular weight is 467 g/mol. The second kappa shape index (κ2) is 10.3. The number of anilines is 1. The van der Waals surface area contributed by atoms with Gasteiger partial charge in [-0.3, -0.25) is 14.9 Å². The number of carbonyl (C=O) groups is 1. The molecule has 1 amide bonds. The number of nitrogens with one attached hydrogen (secondary N) is 1. The summed E-state index contributed by atoms with van der Waals surface area (Å²) in [6, 6.07) is 24.4. The zero-order valence-corrected chi connectivity index (χ0v) is 18.3. The lowest BCUT2D eigenvalue weighted by Crippen LogP contribution is -2.13. The number of benzene rings is 4. The van der Waals surface area contributed by atoms with Gasteiger partial charge in [0.2, 0.25) is 0 Å². The van der Waals surface area contributed by atoms with Gasteiger partial charge in [-0.05, 0) is 35.0 Å². The normalized spacial score (nSPS) is 11.0. The summed E-state index contributed by atoms with van der Waals surface area (Å²) in [4.78, 5) is 23.3. The number of hydrogen-bond donors (Lipinski definition) is 1. The van der Waals surface area contributed by atoms with Crippen LogP contribution in [0.25, 0.3) is 16.8 Å². The summed E-state index contributed by atoms with van der Waals surface area (Å²) in [6.45, 7) is -0.0480. The fraction of sp³-hybridized carbons (Fsp3) is 0.0370. The third-order valence-electron chi connectivity index (χ3n) is 5.24. The van der Waals surface area contributed by atoms with Crippen LogP contribution in [-0.2, 0) is 11.4 Å². The minimum absolute atomic E-state index is 0.0480. The molecule has 0 aliphatic carbocycles. The second-order valence-corrected chi connectivity index (χ2v) is 7.51. The summed E-state index contributed by atoms with van der Waals surface area (Å²) in [5, 5.41) is 24.8. The van der Waals surface area contributed by atoms with Crippen molar-refractivity contribution in [1.29, 1.82) is 5.26 Å². The van der Waals surface area contributed by atoms with Gasteiger partial charge >= 0.3 is 0 Å². The molecule has 0 bridgehead atoms. The second-order valence-electron chi connectivity index (χ2n) is 7.51. The first-order valence-electron chi connectivity index (χ1n) is 10.5. The number of carbonyl (C=O) groups excluding carboxylic acids is 1. The minimum Gasteiger partial charge on any atom is -0.488 e. The third kappa shape index (κ3) is 5.31. The summed E-state index contributed by atoms with van der Waals surface area (Å²) >= 11 is 0. The highest BCUT2D eigenvalue weighted by Gasteiger charge is 2.15. The molecule has 0 unspecified atom stereocenters. The molecule has 0 aliphatic rings. The summed E-state index contributed by atoms with van der Waals surface area (Å²) in [5.41, 5.74) is 0.593. The van der Waals surface area contributed by atoms with E-state index in [-0.39, 0.29) is 23.6 Å². The lowest BCUT2D eigenvalue weighted by molar-refractivity contribution is -0.384. The Morgan fingerprint density at radius 2 is 1.83 bits per heavy atom. The van der Waals surface area contributed by atoms with Crippen LogP contribution in [0, 0.1) is 27.3 Å². The molecule has 0 saturated carbocycles. The molecule has 0 atom stereocenters. The summed E-state index contributed by atoms with van der Waals surface area (Å²) < 4.78 is 20.0. The van der Waals surface area contributed by atoms with Crippen LogP contribution in [0.5, 0.6) is 5.75 Å². The Kier molecular flexibility index (Phi) is 6.79. The van der Waals surface area contributed by atoms with E-state index in [9.17, 15) is 24.6 Å². The highest BCUT2D eigenvalue weighted by atomic mass is 19.1. The zero-order valence-electron chi connectivity index (χ0n) is 18.3. The van der Waals surface area contributed by atoms with Crippen LogP contribution >= 0.6 is 0 Å². The average Bonchev–Trinajstić information content (AvgIpc) is 2.87. The van der Waals surface area contributed by atoms with Crippen molar-refractivity contribution >= 4 is 34.1 Å². The van der Waals surface area contributed by atoms with Gasteiger partial charge in [-0.1, -0.05) is 54.6 Å². The van der Waals surface area contributed by atoms with Gasteiger partial charge in [-0.25, -0.2) is 4.39 Å². The molecule has 0 saturated heterocycles. The first-order valence-corrected chi connectivity index (χ1v) is 10.5. The molecule has 172 valence electrons. The Labute approximate surface area is 199 Å². The topological polar surface area (TPSA) is 105 Å². The predicted molar refractivity (Wildman–Crippen MR) is 130 cm³/mol. The number of hydrogen-bond acceptors (Lipinski definition) is 5. The maximum absolute atomic E-state index is 14.1. The van der Waals surface area contributed by atoms with Crippen LogP contribution in [0.4, 0.5) is 15.8 Å². The number of nitrogens with zero attached hydrogens (tertiary/aromatic N) is 2. The molecule has 4 aromatic rings. The quantitative estimate of drug-likeness (QED) is 0.155. The Balaban J connectivity index is 1.70. The molecule has 7 nitrogen and oxygen atoms in total. The van der Waals surface area contributed by atoms with E-state index in [0.29, 0.717) is 16.9 Å². The number of nitro benzene ring substituents is 1. The Hall–Kier alpha value is -5.03. The Bertz CT molecular complexity index is 1510. The number of rotatable bonds is 7. The minimum atomic E-state index is -0.735. The molecule has 8 heteroatoms. The van der Waals surface area contributed by atoms with Gasteiger partial charge in [0.1, 0.15) is 29.8 Å². The van der Waals surface area contributed by atoms with Gasteiger partial charge in [-0.2, -0.15) is 5.26 Å². The van der Waals surface area contributed by atoms with Crippen molar-refractivity contribution in [3.05, 3.63) is 118 Å². The molecule has 0 fully saturated rings. The number of nitriles is 1. The standard InChI is InChI=1S/C27H18FN3O4/c28-25-11-4-2-7-19(25)17-35-26-13-12-18-6-1-3-10-23(18)24(26)14-20(16-29)27(32)30-21-8-5-9-22(15-21)31(33)34/h1-15H,17H2,(H,30,32)/b20-14+. The van der Waals surface area contributed by atoms with E-state index in [1.807, 2.05) is 36.4 Å².